The number of nitrogens with zero attached hydrogens (tertiary/aromatic N) is 2. The van der Waals surface area contributed by atoms with Crippen molar-refractivity contribution in [3.8, 4) is 0 Å². The van der Waals surface area contributed by atoms with Crippen molar-refractivity contribution in [2.45, 2.75) is 285 Å². The fourth-order valence-electron chi connectivity index (χ4n) is 15.0. The topological polar surface area (TPSA) is 686 Å². The first-order valence-electron chi connectivity index (χ1n) is 44.7. The molecule has 130 heavy (non-hydrogen) atoms. The first-order chi connectivity index (χ1) is 62.2. The van der Waals surface area contributed by atoms with Crippen LogP contribution in [0.3, 0.4) is 0 Å². The van der Waals surface area contributed by atoms with Crippen LogP contribution in [0.5, 0.6) is 0 Å². The summed E-state index contributed by atoms with van der Waals surface area (Å²) in [6, 6.07) is -2.73. The van der Waals surface area contributed by atoms with Gasteiger partial charge in [-0.3, -0.25) is 86.8 Å². The molecule has 0 radical (unpaired) electrons. The minimum absolute atomic E-state index is 0.00934. The number of aromatic amines is 2. The van der Waals surface area contributed by atoms with Gasteiger partial charge in [-0.15, -0.1) is 0 Å². The number of imidazole rings is 1. The molecule has 16 amide bonds. The maximum atomic E-state index is 15.3. The van der Waals surface area contributed by atoms with E-state index in [-0.39, 0.29) is 95.4 Å². The quantitative estimate of drug-likeness (QED) is 0.0123. The second kappa shape index (κ2) is 57.0. The molecule has 2 fully saturated rings. The molecule has 718 valence electrons. The fraction of sp³-hybridized carbons (Fsp3) is 0.605. The first kappa shape index (κ1) is 107. The summed E-state index contributed by atoms with van der Waals surface area (Å²) in [5.74, 6) is -17.0. The summed E-state index contributed by atoms with van der Waals surface area (Å²) >= 11 is 0. The lowest BCUT2D eigenvalue weighted by molar-refractivity contribution is -0.143. The minimum atomic E-state index is -4.11. The van der Waals surface area contributed by atoms with Gasteiger partial charge < -0.3 is 117 Å². The van der Waals surface area contributed by atoms with Crippen molar-refractivity contribution >= 4 is 121 Å². The molecule has 2 aromatic carbocycles. The Hall–Kier alpha value is -12.2. The van der Waals surface area contributed by atoms with Crippen LogP contribution in [0.2, 0.25) is 0 Å². The van der Waals surface area contributed by atoms with Gasteiger partial charge >= 0.3 is 0 Å². The van der Waals surface area contributed by atoms with Gasteiger partial charge in [-0.05, 0) is 75.0 Å². The summed E-state index contributed by atoms with van der Waals surface area (Å²) in [5, 5.41) is 73.4. The van der Waals surface area contributed by atoms with Gasteiger partial charge in [0.1, 0.15) is 66.5 Å². The Balaban J connectivity index is 1.14. The number of amides is 16. The number of aromatic nitrogens is 3. The Bertz CT molecular complexity index is 4520. The predicted molar refractivity (Wildman–Crippen MR) is 476 cm³/mol. The molecule has 2 aliphatic rings. The second-order valence-electron chi connectivity index (χ2n) is 32.7. The number of para-hydroxylation sites is 1. The molecule has 26 N–H and O–H groups in total. The van der Waals surface area contributed by atoms with Gasteiger partial charge in [-0.25, -0.2) is 13.4 Å². The number of aliphatic hydroxyl groups excluding tert-OH is 3. The lowest BCUT2D eigenvalue weighted by Crippen LogP contribution is -2.61. The number of benzene rings is 2. The lowest BCUT2D eigenvalue weighted by Gasteiger charge is -2.31. The second-order valence-corrected chi connectivity index (χ2v) is 34.6. The summed E-state index contributed by atoms with van der Waals surface area (Å²) in [6.07, 6.45) is 13.8. The molecule has 2 saturated heterocycles. The summed E-state index contributed by atoms with van der Waals surface area (Å²) in [7, 11) is -4.11. The van der Waals surface area contributed by atoms with E-state index in [4.69, 9.17) is 22.6 Å². The van der Waals surface area contributed by atoms with Gasteiger partial charge in [0, 0.05) is 87.9 Å². The number of carbonyl (C=O) groups is 16. The van der Waals surface area contributed by atoms with Gasteiger partial charge in [-0.1, -0.05) is 152 Å². The van der Waals surface area contributed by atoms with Crippen molar-refractivity contribution in [3.05, 3.63) is 90.1 Å². The molecular formula is C86H132N22O21S. The SMILES string of the molecule is CCCCCCCCCCCCCCCC(=O)NS(=O)(=O)CCCC(=O)NCC(=O)N[C@@H](CO)C(=O)N[C@H](CC(N)=O)C(=O)N[C@@H](Cc1c[nH]cn1)C(=O)N[C@@H](CO)C(=O)N[C@@H](CCCC)C(=O)N[C@H]1CCC(=O)NCCCC[C@@H](C(N)=O)NC(=O)[C@H](Cc2c[nH]c3ccccc23)NC(=O)[C@H](CCCNC(=N)N)NC(=O)[C@@H](Cc2ccccc2)NC(=O)[C@@H]2C[C@@H](O)CN2C1=O. The van der Waals surface area contributed by atoms with Crippen LogP contribution < -0.4 is 91.0 Å². The van der Waals surface area contributed by atoms with E-state index in [1.165, 1.54) is 57.5 Å². The molecule has 2 aliphatic heterocycles. The van der Waals surface area contributed by atoms with E-state index in [0.717, 1.165) is 37.0 Å². The van der Waals surface area contributed by atoms with Crippen molar-refractivity contribution in [2.24, 2.45) is 17.2 Å². The van der Waals surface area contributed by atoms with Gasteiger partial charge in [-0.2, -0.15) is 0 Å². The van der Waals surface area contributed by atoms with Crippen molar-refractivity contribution in [2.75, 3.05) is 45.1 Å². The maximum Gasteiger partial charge on any atom is 0.245 e. The number of nitrogens with one attached hydrogen (secondary N) is 17. The van der Waals surface area contributed by atoms with Gasteiger partial charge in [0.05, 0.1) is 50.1 Å². The van der Waals surface area contributed by atoms with Crippen molar-refractivity contribution in [1.82, 2.24) is 93.7 Å². The number of sulfonamides is 1. The van der Waals surface area contributed by atoms with Crippen LogP contribution in [0.15, 0.2) is 73.3 Å². The maximum absolute atomic E-state index is 15.3. The lowest BCUT2D eigenvalue weighted by atomic mass is 10.0. The number of aliphatic hydroxyl groups is 3. The summed E-state index contributed by atoms with van der Waals surface area (Å²) in [4.78, 5) is 235. The predicted octanol–water partition coefficient (Wildman–Crippen LogP) is -2.57. The van der Waals surface area contributed by atoms with E-state index >= 15 is 4.79 Å². The number of H-pyrrole nitrogens is 2. The van der Waals surface area contributed by atoms with Crippen LogP contribution >= 0.6 is 0 Å². The molecule has 0 aliphatic carbocycles. The van der Waals surface area contributed by atoms with Gasteiger partial charge in [0.25, 0.3) is 0 Å². The zero-order valence-corrected chi connectivity index (χ0v) is 74.8. The molecule has 43 nitrogen and oxygen atoms in total. The van der Waals surface area contributed by atoms with Crippen molar-refractivity contribution in [3.63, 3.8) is 0 Å². The van der Waals surface area contributed by atoms with E-state index in [2.05, 4.69) is 91.0 Å². The highest BCUT2D eigenvalue weighted by molar-refractivity contribution is 7.90. The third kappa shape index (κ3) is 38.6. The number of rotatable bonds is 50. The molecule has 4 aromatic rings. The van der Waals surface area contributed by atoms with E-state index < -0.39 is 248 Å². The smallest absolute Gasteiger partial charge is 0.245 e. The Morgan fingerprint density at radius 2 is 1.17 bits per heavy atom. The highest BCUT2D eigenvalue weighted by Gasteiger charge is 2.44. The van der Waals surface area contributed by atoms with Crippen LogP contribution in [0.25, 0.3) is 10.9 Å². The fourth-order valence-corrected chi connectivity index (χ4v) is 16.0. The number of carbonyl (C=O) groups excluding carboxylic acids is 16. The average molecular weight is 1840 g/mol. The normalized spacial score (nSPS) is 19.2. The van der Waals surface area contributed by atoms with Crippen LogP contribution in [-0.4, -0.2) is 262 Å². The summed E-state index contributed by atoms with van der Waals surface area (Å²) in [5.41, 5.74) is 18.9. The van der Waals surface area contributed by atoms with Crippen molar-refractivity contribution in [1.29, 1.82) is 5.41 Å². The molecular weight excluding hydrogens is 1710 g/mol. The Morgan fingerprint density at radius 1 is 0.592 bits per heavy atom. The minimum Gasteiger partial charge on any atom is -0.394 e. The number of nitrogens with two attached hydrogens (primary N) is 3. The standard InChI is InChI=1S/C86H132N22O21S/c1-3-5-7-8-9-10-11-12-13-14-15-16-20-34-73(115)107-130(128,129)40-26-35-71(113)95-48-74(116)97-67(50-109)82(124)104-66(45-70(87)112)81(123)103-65(43-55-47-91-52-96-55)80(122)106-68(51-110)83(125)100-60(30-6-4-2)76(118)101-62-36-37-72(114)92-38-24-23-32-59(75(88)117)98-79(121)64(42-54-46-94-58-31-22-21-29-57(54)58)102-77(119)61(33-25-39-93-86(89)90)99-78(120)63(41-53-27-18-17-19-28-53)105-84(126)69-44-56(111)49-108(69)85(62)127/h17-19,21-22,27-29,31,46-47,52,56,59-69,94,109-111H,3-16,20,23-26,30,32-45,48-51H2,1-2H3,(H2,87,112)(H2,88,117)(H,91,96)(H,92,114)(H,95,113)(H,97,116)(H,98,121)(H,99,120)(H,100,125)(H,101,118)(H,102,119)(H,103,123)(H,104,124)(H,105,126)(H,106,122)(H,107,115)(H4,89,90,93)/t56-,59+,60+,61+,62+,63-,64+,65+,66-,67+,68+,69+/m1/s1. The average Bonchev–Trinajstić information content (AvgIpc) is 1.60. The number of unbranched alkanes of at least 4 members (excludes halogenated alkanes) is 13. The van der Waals surface area contributed by atoms with E-state index in [1.807, 2.05) is 4.72 Å². The van der Waals surface area contributed by atoms with Crippen LogP contribution in [-0.2, 0) is 106 Å². The third-order valence-corrected chi connectivity index (χ3v) is 23.5. The number of guanidine groups is 1. The largest absolute Gasteiger partial charge is 0.394 e. The van der Waals surface area contributed by atoms with Crippen LogP contribution in [0.1, 0.15) is 210 Å². The molecule has 0 spiro atoms. The zero-order valence-electron chi connectivity index (χ0n) is 74.0. The summed E-state index contributed by atoms with van der Waals surface area (Å²) in [6.45, 7) is 0.313. The number of hydrogen-bond donors (Lipinski definition) is 23. The highest BCUT2D eigenvalue weighted by Crippen LogP contribution is 2.24. The Morgan fingerprint density at radius 3 is 1.82 bits per heavy atom. The highest BCUT2D eigenvalue weighted by atomic mass is 32.2. The molecule has 6 rings (SSSR count). The molecule has 4 heterocycles. The molecule has 0 saturated carbocycles. The molecule has 44 heteroatoms. The van der Waals surface area contributed by atoms with E-state index in [9.17, 15) is 95.7 Å². The van der Waals surface area contributed by atoms with Gasteiger partial charge in [0.2, 0.25) is 105 Å². The summed E-state index contributed by atoms with van der Waals surface area (Å²) < 4.78 is 27.3. The monoisotopic (exact) mass is 1840 g/mol. The third-order valence-electron chi connectivity index (χ3n) is 22.1. The number of fused-ring (bicyclic) bond motifs is 2. The number of hydrogen-bond acceptors (Lipinski definition) is 23. The van der Waals surface area contributed by atoms with Crippen molar-refractivity contribution < 1.29 is 100 Å². The first-order valence-corrected chi connectivity index (χ1v) is 46.4. The van der Waals surface area contributed by atoms with Crippen LogP contribution in [0, 0.1) is 5.41 Å². The van der Waals surface area contributed by atoms with E-state index in [1.54, 1.807) is 67.7 Å². The zero-order chi connectivity index (χ0) is 95.1. The Kier molecular flexibility index (Phi) is 46.7. The molecule has 2 aromatic heterocycles. The Labute approximate surface area is 755 Å². The molecule has 0 bridgehead atoms. The number of primary amides is 2. The van der Waals surface area contributed by atoms with Gasteiger partial charge in [0.15, 0.2) is 5.96 Å². The molecule has 12 atom stereocenters. The molecule has 0 unspecified atom stereocenters. The van der Waals surface area contributed by atoms with Crippen LogP contribution in [0.4, 0.5) is 0 Å². The van der Waals surface area contributed by atoms with E-state index in [0.29, 0.717) is 34.9 Å².